The van der Waals surface area contributed by atoms with E-state index >= 15 is 0 Å². The lowest BCUT2D eigenvalue weighted by Gasteiger charge is -2.28. The van der Waals surface area contributed by atoms with Crippen LogP contribution in [0.4, 0.5) is 0 Å². The van der Waals surface area contributed by atoms with Crippen molar-refractivity contribution in [2.75, 3.05) is 20.3 Å². The van der Waals surface area contributed by atoms with E-state index < -0.39 is 17.7 Å². The number of hydrogen-bond acceptors (Lipinski definition) is 5. The van der Waals surface area contributed by atoms with Crippen LogP contribution in [0.1, 0.15) is 12.0 Å². The Balaban J connectivity index is 1.96. The highest BCUT2D eigenvalue weighted by Gasteiger charge is 2.51. The van der Waals surface area contributed by atoms with Gasteiger partial charge in [0.15, 0.2) is 0 Å². The molecule has 0 spiro atoms. The van der Waals surface area contributed by atoms with E-state index in [1.807, 2.05) is 30.3 Å². The van der Waals surface area contributed by atoms with Gasteiger partial charge >= 0.3 is 5.97 Å². The van der Waals surface area contributed by atoms with Crippen molar-refractivity contribution in [1.82, 2.24) is 0 Å². The molecule has 1 aromatic carbocycles. The Hall–Kier alpha value is -1.43. The highest BCUT2D eigenvalue weighted by Crippen LogP contribution is 2.28. The van der Waals surface area contributed by atoms with Crippen LogP contribution in [0.2, 0.25) is 0 Å². The molecule has 1 aromatic rings. The van der Waals surface area contributed by atoms with Crippen molar-refractivity contribution in [3.05, 3.63) is 35.9 Å². The normalized spacial score (nSPS) is 26.3. The van der Waals surface area contributed by atoms with Crippen molar-refractivity contribution in [3.8, 4) is 0 Å². The van der Waals surface area contributed by atoms with E-state index in [9.17, 15) is 9.90 Å². The first-order valence-corrected chi connectivity index (χ1v) is 6.21. The van der Waals surface area contributed by atoms with Crippen LogP contribution in [0.5, 0.6) is 0 Å². The van der Waals surface area contributed by atoms with Gasteiger partial charge in [-0.1, -0.05) is 30.3 Å². The zero-order chi connectivity index (χ0) is 13.7. The Morgan fingerprint density at radius 3 is 2.79 bits per heavy atom. The number of rotatable bonds is 5. The van der Waals surface area contributed by atoms with Crippen LogP contribution in [-0.2, 0) is 25.6 Å². The fraction of sp³-hybridized carbons (Fsp3) is 0.500. The Bertz CT molecular complexity index is 419. The van der Waals surface area contributed by atoms with Gasteiger partial charge in [0.1, 0.15) is 0 Å². The summed E-state index contributed by atoms with van der Waals surface area (Å²) in [5.41, 5.74) is -0.390. The van der Waals surface area contributed by atoms with Crippen LogP contribution in [0, 0.1) is 0 Å². The number of carbonyl (C=O) groups excluding carboxylic acids is 1. The van der Waals surface area contributed by atoms with Gasteiger partial charge in [0, 0.05) is 6.42 Å². The highest BCUT2D eigenvalue weighted by atomic mass is 16.6. The largest absolute Gasteiger partial charge is 0.467 e. The Morgan fingerprint density at radius 1 is 1.47 bits per heavy atom. The summed E-state index contributed by atoms with van der Waals surface area (Å²) >= 11 is 0. The minimum atomic E-state index is -1.39. The average molecular weight is 266 g/mol. The highest BCUT2D eigenvalue weighted by molar-refractivity contribution is 5.81. The van der Waals surface area contributed by atoms with E-state index in [0.717, 1.165) is 5.56 Å². The molecule has 0 aliphatic carbocycles. The molecule has 2 atom stereocenters. The predicted octanol–water partition coefficient (Wildman–Crippen LogP) is 0.896. The van der Waals surface area contributed by atoms with Crippen molar-refractivity contribution < 1.29 is 24.1 Å². The molecule has 1 aliphatic heterocycles. The number of methoxy groups -OCH3 is 1. The molecule has 1 N–H and O–H groups in total. The van der Waals surface area contributed by atoms with Crippen molar-refractivity contribution in [2.45, 2.75) is 24.7 Å². The third kappa shape index (κ3) is 2.94. The van der Waals surface area contributed by atoms with E-state index in [2.05, 4.69) is 0 Å². The summed E-state index contributed by atoms with van der Waals surface area (Å²) in [7, 11) is 1.27. The topological polar surface area (TPSA) is 65.0 Å². The average Bonchev–Trinajstić information content (AvgIpc) is 2.81. The molecule has 0 bridgehead atoms. The molecule has 1 aliphatic rings. The Labute approximate surface area is 112 Å². The third-order valence-corrected chi connectivity index (χ3v) is 3.25. The van der Waals surface area contributed by atoms with Gasteiger partial charge in [0.05, 0.1) is 33.0 Å². The molecule has 0 aromatic heterocycles. The van der Waals surface area contributed by atoms with E-state index in [-0.39, 0.29) is 6.61 Å². The van der Waals surface area contributed by atoms with Crippen molar-refractivity contribution >= 4 is 5.97 Å². The first-order chi connectivity index (χ1) is 9.19. The van der Waals surface area contributed by atoms with Gasteiger partial charge in [0.25, 0.3) is 0 Å². The second kappa shape index (κ2) is 6.14. The monoisotopic (exact) mass is 266 g/mol. The van der Waals surface area contributed by atoms with Gasteiger partial charge in [-0.25, -0.2) is 4.79 Å². The number of esters is 1. The summed E-state index contributed by atoms with van der Waals surface area (Å²) in [5, 5.41) is 9.93. The molecule has 0 radical (unpaired) electrons. The number of ether oxygens (including phenoxy) is 3. The van der Waals surface area contributed by atoms with Crippen molar-refractivity contribution in [2.24, 2.45) is 0 Å². The first kappa shape index (κ1) is 14.0. The van der Waals surface area contributed by atoms with Crippen LogP contribution in [-0.4, -0.2) is 43.1 Å². The number of hydrogen-bond donors (Lipinski definition) is 1. The van der Waals surface area contributed by atoms with Crippen LogP contribution in [0.15, 0.2) is 30.3 Å². The molecule has 1 heterocycles. The lowest BCUT2D eigenvalue weighted by Crippen LogP contribution is -2.51. The van der Waals surface area contributed by atoms with Gasteiger partial charge in [-0.3, -0.25) is 0 Å². The molecule has 2 rings (SSSR count). The fourth-order valence-corrected chi connectivity index (χ4v) is 2.14. The van der Waals surface area contributed by atoms with Gasteiger partial charge in [-0.2, -0.15) is 0 Å². The van der Waals surface area contributed by atoms with Crippen LogP contribution >= 0.6 is 0 Å². The molecule has 19 heavy (non-hydrogen) atoms. The molecule has 1 fully saturated rings. The standard InChI is InChI=1S/C14H18O5/c1-17-13(16)14(12(15)7-8-19-14)10-18-9-11-5-3-2-4-6-11/h2-6,12,15H,7-10H2,1H3. The van der Waals surface area contributed by atoms with Gasteiger partial charge in [-0.15, -0.1) is 0 Å². The summed E-state index contributed by atoms with van der Waals surface area (Å²) < 4.78 is 15.6. The smallest absolute Gasteiger partial charge is 0.343 e. The summed E-state index contributed by atoms with van der Waals surface area (Å²) in [6.07, 6.45) is -0.486. The van der Waals surface area contributed by atoms with Crippen LogP contribution < -0.4 is 0 Å². The maximum atomic E-state index is 11.8. The maximum Gasteiger partial charge on any atom is 0.343 e. The second-order valence-electron chi connectivity index (χ2n) is 4.51. The summed E-state index contributed by atoms with van der Waals surface area (Å²) in [6.45, 7) is 0.663. The van der Waals surface area contributed by atoms with Gasteiger partial charge in [0.2, 0.25) is 5.60 Å². The molecule has 0 saturated carbocycles. The van der Waals surface area contributed by atoms with Crippen molar-refractivity contribution in [1.29, 1.82) is 0 Å². The molecule has 2 unspecified atom stereocenters. The number of benzene rings is 1. The fourth-order valence-electron chi connectivity index (χ4n) is 2.14. The molecular formula is C14H18O5. The zero-order valence-electron chi connectivity index (χ0n) is 10.9. The number of aliphatic hydroxyl groups excluding tert-OH is 1. The van der Waals surface area contributed by atoms with E-state index in [1.54, 1.807) is 0 Å². The van der Waals surface area contributed by atoms with E-state index in [0.29, 0.717) is 19.6 Å². The first-order valence-electron chi connectivity index (χ1n) is 6.21. The van der Waals surface area contributed by atoms with E-state index in [1.165, 1.54) is 7.11 Å². The summed E-state index contributed by atoms with van der Waals surface area (Å²) in [6, 6.07) is 9.60. The number of aliphatic hydroxyl groups is 1. The summed E-state index contributed by atoms with van der Waals surface area (Å²) in [4.78, 5) is 11.8. The van der Waals surface area contributed by atoms with Crippen molar-refractivity contribution in [3.63, 3.8) is 0 Å². The molecule has 0 amide bonds. The SMILES string of the molecule is COC(=O)C1(COCc2ccccc2)OCCC1O. The predicted molar refractivity (Wildman–Crippen MR) is 67.4 cm³/mol. The minimum absolute atomic E-state index is 0.0181. The molecule has 1 saturated heterocycles. The lowest BCUT2D eigenvalue weighted by molar-refractivity contribution is -0.182. The van der Waals surface area contributed by atoms with Gasteiger partial charge < -0.3 is 19.3 Å². The third-order valence-electron chi connectivity index (χ3n) is 3.25. The lowest BCUT2D eigenvalue weighted by atomic mass is 9.98. The minimum Gasteiger partial charge on any atom is -0.467 e. The quantitative estimate of drug-likeness (QED) is 0.802. The molecule has 5 heteroatoms. The number of carbonyl (C=O) groups is 1. The Kier molecular flexibility index (Phi) is 4.52. The molecular weight excluding hydrogens is 248 g/mol. The van der Waals surface area contributed by atoms with Crippen LogP contribution in [0.3, 0.4) is 0 Å². The molecule has 5 nitrogen and oxygen atoms in total. The Morgan fingerprint density at radius 2 is 2.21 bits per heavy atom. The second-order valence-corrected chi connectivity index (χ2v) is 4.51. The molecule has 104 valence electrons. The van der Waals surface area contributed by atoms with Gasteiger partial charge in [-0.05, 0) is 5.56 Å². The van der Waals surface area contributed by atoms with Crippen LogP contribution in [0.25, 0.3) is 0 Å². The van der Waals surface area contributed by atoms with E-state index in [4.69, 9.17) is 14.2 Å². The zero-order valence-corrected chi connectivity index (χ0v) is 10.9. The maximum absolute atomic E-state index is 11.8. The summed E-state index contributed by atoms with van der Waals surface area (Å²) in [5.74, 6) is -0.592.